The van der Waals surface area contributed by atoms with E-state index in [0.29, 0.717) is 16.3 Å². The first-order chi connectivity index (χ1) is 11.8. The van der Waals surface area contributed by atoms with E-state index in [2.05, 4.69) is 5.10 Å². The highest BCUT2D eigenvalue weighted by Crippen LogP contribution is 2.37. The van der Waals surface area contributed by atoms with Crippen molar-refractivity contribution in [2.24, 2.45) is 5.10 Å². The summed E-state index contributed by atoms with van der Waals surface area (Å²) in [5, 5.41) is 27.6. The number of nitro benzene ring substituents is 1. The van der Waals surface area contributed by atoms with Gasteiger partial charge in [-0.2, -0.15) is 10.1 Å². The second kappa shape index (κ2) is 6.27. The maximum Gasteiger partial charge on any atom is 0.277 e. The molecule has 1 aliphatic heterocycles. The van der Waals surface area contributed by atoms with Crippen LogP contribution in [0.2, 0.25) is 5.02 Å². The molecule has 1 aliphatic rings. The van der Waals surface area contributed by atoms with Crippen molar-refractivity contribution >= 4 is 28.9 Å². The lowest BCUT2D eigenvalue weighted by Crippen LogP contribution is -2.43. The summed E-state index contributed by atoms with van der Waals surface area (Å²) >= 11 is 5.88. The number of hydrazone groups is 1. The Bertz CT molecular complexity index is 882. The summed E-state index contributed by atoms with van der Waals surface area (Å²) < 4.78 is 0. The Morgan fingerprint density at radius 3 is 2.64 bits per heavy atom. The van der Waals surface area contributed by atoms with E-state index in [1.807, 2.05) is 0 Å². The molecule has 0 aliphatic carbocycles. The summed E-state index contributed by atoms with van der Waals surface area (Å²) in [6.45, 7) is 1.70. The van der Waals surface area contributed by atoms with Gasteiger partial charge in [0.25, 0.3) is 11.6 Å². The highest BCUT2D eigenvalue weighted by molar-refractivity contribution is 6.30. The summed E-state index contributed by atoms with van der Waals surface area (Å²) in [4.78, 5) is 23.2. The average molecular weight is 360 g/mol. The molecule has 0 fully saturated rings. The smallest absolute Gasteiger partial charge is 0.277 e. The number of aliphatic hydroxyl groups is 1. The molecule has 0 spiro atoms. The number of halogens is 1. The maximum atomic E-state index is 12.8. The van der Waals surface area contributed by atoms with E-state index in [-0.39, 0.29) is 17.7 Å². The number of nitro groups is 1. The highest BCUT2D eigenvalue weighted by atomic mass is 35.5. The Morgan fingerprint density at radius 1 is 1.32 bits per heavy atom. The molecule has 0 aromatic heterocycles. The standard InChI is InChI=1S/C17H14ClN3O4/c1-11-10-17(23,13-5-7-14(18)8-6-13)20(19-11)16(22)12-3-2-4-15(9-12)21(24)25/h2-9,23H,10H2,1H3. The van der Waals surface area contributed by atoms with Gasteiger partial charge < -0.3 is 5.11 Å². The number of carbonyl (C=O) groups excluding carboxylic acids is 1. The topological polar surface area (TPSA) is 96.0 Å². The fraction of sp³-hybridized carbons (Fsp3) is 0.176. The molecule has 1 amide bonds. The third-order valence-corrected chi connectivity index (χ3v) is 4.18. The summed E-state index contributed by atoms with van der Waals surface area (Å²) in [6, 6.07) is 11.8. The van der Waals surface area contributed by atoms with Gasteiger partial charge in [0.1, 0.15) is 0 Å². The largest absolute Gasteiger partial charge is 0.365 e. The summed E-state index contributed by atoms with van der Waals surface area (Å²) in [7, 11) is 0. The molecule has 3 rings (SSSR count). The van der Waals surface area contributed by atoms with E-state index in [4.69, 9.17) is 11.6 Å². The van der Waals surface area contributed by atoms with Crippen molar-refractivity contribution in [3.8, 4) is 0 Å². The van der Waals surface area contributed by atoms with E-state index < -0.39 is 16.6 Å². The minimum atomic E-state index is -1.67. The van der Waals surface area contributed by atoms with Crippen molar-refractivity contribution in [3.05, 3.63) is 74.8 Å². The van der Waals surface area contributed by atoms with Gasteiger partial charge in [0.05, 0.1) is 4.92 Å². The average Bonchev–Trinajstić information content (AvgIpc) is 2.90. The van der Waals surface area contributed by atoms with Crippen molar-refractivity contribution in [2.75, 3.05) is 0 Å². The van der Waals surface area contributed by atoms with Gasteiger partial charge in [-0.25, -0.2) is 0 Å². The molecule has 128 valence electrons. The third kappa shape index (κ3) is 3.11. The van der Waals surface area contributed by atoms with Crippen LogP contribution < -0.4 is 0 Å². The van der Waals surface area contributed by atoms with Crippen molar-refractivity contribution in [3.63, 3.8) is 0 Å². The van der Waals surface area contributed by atoms with Crippen LogP contribution in [0.1, 0.15) is 29.3 Å². The second-order valence-corrected chi connectivity index (χ2v) is 6.20. The number of hydrogen-bond acceptors (Lipinski definition) is 5. The number of carbonyl (C=O) groups is 1. The molecule has 1 N–H and O–H groups in total. The molecule has 0 saturated carbocycles. The molecule has 1 unspecified atom stereocenters. The van der Waals surface area contributed by atoms with E-state index in [1.165, 1.54) is 18.2 Å². The first kappa shape index (κ1) is 17.1. The normalized spacial score (nSPS) is 19.6. The zero-order valence-electron chi connectivity index (χ0n) is 13.2. The van der Waals surface area contributed by atoms with Gasteiger partial charge in [-0.05, 0) is 25.1 Å². The van der Waals surface area contributed by atoms with Gasteiger partial charge in [0.15, 0.2) is 5.72 Å². The summed E-state index contributed by atoms with van der Waals surface area (Å²) in [5.41, 5.74) is -0.788. The third-order valence-electron chi connectivity index (χ3n) is 3.93. The lowest BCUT2D eigenvalue weighted by atomic mass is 9.97. The van der Waals surface area contributed by atoms with Crippen LogP contribution in [0.3, 0.4) is 0 Å². The summed E-state index contributed by atoms with van der Waals surface area (Å²) in [5.74, 6) is -0.627. The molecule has 2 aromatic rings. The Balaban J connectivity index is 2.01. The van der Waals surface area contributed by atoms with Crippen LogP contribution in [0.4, 0.5) is 5.69 Å². The predicted molar refractivity (Wildman–Crippen MR) is 92.3 cm³/mol. The number of non-ortho nitro benzene ring substituents is 1. The monoisotopic (exact) mass is 359 g/mol. The SMILES string of the molecule is CC1=NN(C(=O)c2cccc([N+](=O)[O-])c2)C(O)(c2ccc(Cl)cc2)C1. The molecule has 2 aromatic carbocycles. The van der Waals surface area contributed by atoms with Crippen LogP contribution in [-0.2, 0) is 5.72 Å². The van der Waals surface area contributed by atoms with Gasteiger partial charge in [0.2, 0.25) is 0 Å². The molecule has 1 heterocycles. The van der Waals surface area contributed by atoms with Gasteiger partial charge in [-0.3, -0.25) is 14.9 Å². The van der Waals surface area contributed by atoms with E-state index >= 15 is 0 Å². The van der Waals surface area contributed by atoms with Gasteiger partial charge in [-0.15, -0.1) is 0 Å². The molecule has 1 atom stereocenters. The van der Waals surface area contributed by atoms with Crippen molar-refractivity contribution in [2.45, 2.75) is 19.1 Å². The fourth-order valence-corrected chi connectivity index (χ4v) is 2.88. The molecule has 0 radical (unpaired) electrons. The van der Waals surface area contributed by atoms with Crippen LogP contribution in [0.15, 0.2) is 53.6 Å². The quantitative estimate of drug-likeness (QED) is 0.671. The number of amides is 1. The van der Waals surface area contributed by atoms with Gasteiger partial charge in [-0.1, -0.05) is 29.8 Å². The van der Waals surface area contributed by atoms with Crippen molar-refractivity contribution in [1.82, 2.24) is 5.01 Å². The second-order valence-electron chi connectivity index (χ2n) is 5.76. The van der Waals surface area contributed by atoms with E-state index in [1.54, 1.807) is 31.2 Å². The molecule has 25 heavy (non-hydrogen) atoms. The lowest BCUT2D eigenvalue weighted by molar-refractivity contribution is -0.384. The predicted octanol–water partition coefficient (Wildman–Crippen LogP) is 3.32. The van der Waals surface area contributed by atoms with Crippen LogP contribution >= 0.6 is 11.6 Å². The van der Waals surface area contributed by atoms with Crippen LogP contribution in [0.25, 0.3) is 0 Å². The number of nitrogens with zero attached hydrogens (tertiary/aromatic N) is 3. The van der Waals surface area contributed by atoms with Crippen LogP contribution in [-0.4, -0.2) is 26.7 Å². The molecule has 0 bridgehead atoms. The van der Waals surface area contributed by atoms with E-state index in [0.717, 1.165) is 11.1 Å². The molecule has 7 nitrogen and oxygen atoms in total. The van der Waals surface area contributed by atoms with Crippen LogP contribution in [0, 0.1) is 10.1 Å². The Labute approximate surface area is 148 Å². The molecular weight excluding hydrogens is 346 g/mol. The van der Waals surface area contributed by atoms with Crippen LogP contribution in [0.5, 0.6) is 0 Å². The first-order valence-corrected chi connectivity index (χ1v) is 7.80. The number of rotatable bonds is 3. The Morgan fingerprint density at radius 2 is 2.00 bits per heavy atom. The highest BCUT2D eigenvalue weighted by Gasteiger charge is 2.45. The van der Waals surface area contributed by atoms with Crippen molar-refractivity contribution < 1.29 is 14.8 Å². The Kier molecular flexibility index (Phi) is 4.28. The zero-order chi connectivity index (χ0) is 18.2. The molecular formula is C17H14ClN3O4. The number of hydrogen-bond donors (Lipinski definition) is 1. The van der Waals surface area contributed by atoms with Gasteiger partial charge in [0, 0.05) is 40.4 Å². The first-order valence-electron chi connectivity index (χ1n) is 7.43. The zero-order valence-corrected chi connectivity index (χ0v) is 14.0. The van der Waals surface area contributed by atoms with Crippen molar-refractivity contribution in [1.29, 1.82) is 0 Å². The van der Waals surface area contributed by atoms with Gasteiger partial charge >= 0.3 is 0 Å². The lowest BCUT2D eigenvalue weighted by Gasteiger charge is -2.31. The maximum absolute atomic E-state index is 12.8. The molecule has 0 saturated heterocycles. The fourth-order valence-electron chi connectivity index (χ4n) is 2.75. The minimum Gasteiger partial charge on any atom is -0.365 e. The molecule has 8 heteroatoms. The minimum absolute atomic E-state index is 0.0695. The van der Waals surface area contributed by atoms with E-state index in [9.17, 15) is 20.0 Å². The summed E-state index contributed by atoms with van der Waals surface area (Å²) in [6.07, 6.45) is 0.134. The number of benzene rings is 2. The Hall–Kier alpha value is -2.77.